The fourth-order valence-corrected chi connectivity index (χ4v) is 2.46. The molecule has 1 unspecified atom stereocenters. The van der Waals surface area contributed by atoms with Gasteiger partial charge in [0.05, 0.1) is 54.4 Å². The molecule has 1 saturated heterocycles. The summed E-state index contributed by atoms with van der Waals surface area (Å²) in [5, 5.41) is 0. The van der Waals surface area contributed by atoms with Crippen molar-refractivity contribution in [2.24, 2.45) is 0 Å². The molecule has 1 rings (SSSR count). The molecule has 0 radical (unpaired) electrons. The van der Waals surface area contributed by atoms with Gasteiger partial charge in [0.15, 0.2) is 0 Å². The van der Waals surface area contributed by atoms with E-state index >= 15 is 0 Å². The summed E-state index contributed by atoms with van der Waals surface area (Å²) in [4.78, 5) is 0. The highest BCUT2D eigenvalue weighted by molar-refractivity contribution is 4.64. The molecule has 1 aliphatic rings. The number of likely N-dealkylation sites (tertiary alicyclic amines) is 1. The quantitative estimate of drug-likeness (QED) is 0.609. The van der Waals surface area contributed by atoms with Crippen LogP contribution in [-0.2, 0) is 0 Å². The zero-order chi connectivity index (χ0) is 10.8. The lowest BCUT2D eigenvalue weighted by Crippen LogP contribution is -2.53. The molecule has 0 aromatic rings. The van der Waals surface area contributed by atoms with Gasteiger partial charge in [-0.2, -0.15) is 0 Å². The van der Waals surface area contributed by atoms with Crippen molar-refractivity contribution in [3.05, 3.63) is 0 Å². The second kappa shape index (κ2) is 4.19. The van der Waals surface area contributed by atoms with E-state index in [1.165, 1.54) is 43.3 Å². The van der Waals surface area contributed by atoms with Crippen LogP contribution in [-0.4, -0.2) is 63.3 Å². The Kier molecular flexibility index (Phi) is 3.59. The van der Waals surface area contributed by atoms with Crippen molar-refractivity contribution in [2.45, 2.75) is 31.7 Å². The van der Waals surface area contributed by atoms with Gasteiger partial charge in [0.1, 0.15) is 0 Å². The average Bonchev–Trinajstić information content (AvgIpc) is 2.00. The number of nitrogens with zero attached hydrogens (tertiary/aromatic N) is 2. The monoisotopic (exact) mass is 200 g/mol. The number of hydrogen-bond donors (Lipinski definition) is 0. The molecule has 0 aromatic carbocycles. The van der Waals surface area contributed by atoms with Gasteiger partial charge >= 0.3 is 0 Å². The van der Waals surface area contributed by atoms with Gasteiger partial charge in [-0.05, 0) is 19.3 Å². The van der Waals surface area contributed by atoms with Gasteiger partial charge in [0.2, 0.25) is 0 Å². The van der Waals surface area contributed by atoms with Gasteiger partial charge in [-0.1, -0.05) is 0 Å². The Morgan fingerprint density at radius 3 is 2.29 bits per heavy atom. The topological polar surface area (TPSA) is 0 Å². The van der Waals surface area contributed by atoms with Crippen molar-refractivity contribution in [3.63, 3.8) is 0 Å². The minimum absolute atomic E-state index is 0.904. The van der Waals surface area contributed by atoms with Crippen LogP contribution in [0.5, 0.6) is 0 Å². The predicted molar refractivity (Wildman–Crippen MR) is 62.1 cm³/mol. The summed E-state index contributed by atoms with van der Waals surface area (Å²) in [6, 6.07) is 0.904. The van der Waals surface area contributed by atoms with Gasteiger partial charge in [-0.15, -0.1) is 0 Å². The molecule has 2 heteroatoms. The number of rotatable bonds is 3. The maximum absolute atomic E-state index is 2.40. The molecule has 1 fully saturated rings. The summed E-state index contributed by atoms with van der Waals surface area (Å²) in [5.74, 6) is 0. The van der Waals surface area contributed by atoms with Gasteiger partial charge in [0, 0.05) is 6.42 Å². The van der Waals surface area contributed by atoms with Gasteiger partial charge in [-0.3, -0.25) is 0 Å². The van der Waals surface area contributed by atoms with Crippen molar-refractivity contribution >= 4 is 0 Å². The third kappa shape index (κ3) is 3.58. The van der Waals surface area contributed by atoms with E-state index in [9.17, 15) is 0 Å². The van der Waals surface area contributed by atoms with Gasteiger partial charge in [0.25, 0.3) is 0 Å². The molecule has 0 saturated carbocycles. The maximum atomic E-state index is 2.40. The third-order valence-electron chi connectivity index (χ3n) is 3.64. The molecular formula is C12H28N2+2. The summed E-state index contributed by atoms with van der Waals surface area (Å²) in [7, 11) is 11.7. The van der Waals surface area contributed by atoms with Crippen LogP contribution >= 0.6 is 0 Å². The van der Waals surface area contributed by atoms with Crippen LogP contribution in [0.2, 0.25) is 0 Å². The lowest BCUT2D eigenvalue weighted by molar-refractivity contribution is -0.927. The second-order valence-corrected chi connectivity index (χ2v) is 6.45. The average molecular weight is 200 g/mol. The maximum Gasteiger partial charge on any atom is 0.0940 e. The molecule has 0 bridgehead atoms. The standard InChI is InChI=1S/C12H28N2/c1-13(2,3)11-9-12-8-6-7-10-14(12,4)5/h12H,6-11H2,1-5H3/q+2. The zero-order valence-corrected chi connectivity index (χ0v) is 10.7. The Balaban J connectivity index is 2.42. The molecular weight excluding hydrogens is 172 g/mol. The van der Waals surface area contributed by atoms with Gasteiger partial charge < -0.3 is 8.97 Å². The molecule has 0 N–H and O–H groups in total. The minimum Gasteiger partial charge on any atom is -0.331 e. The first-order chi connectivity index (χ1) is 6.31. The molecule has 0 amide bonds. The molecule has 14 heavy (non-hydrogen) atoms. The highest BCUT2D eigenvalue weighted by atomic mass is 15.3. The number of hydrogen-bond acceptors (Lipinski definition) is 0. The molecule has 84 valence electrons. The molecule has 1 aliphatic heterocycles. The van der Waals surface area contributed by atoms with Crippen molar-refractivity contribution in [2.75, 3.05) is 48.3 Å². The first kappa shape index (κ1) is 12.0. The second-order valence-electron chi connectivity index (χ2n) is 6.45. The largest absolute Gasteiger partial charge is 0.331 e. The van der Waals surface area contributed by atoms with Crippen molar-refractivity contribution in [1.29, 1.82) is 0 Å². The van der Waals surface area contributed by atoms with Crippen LogP contribution in [0.1, 0.15) is 25.7 Å². The summed E-state index contributed by atoms with van der Waals surface area (Å²) in [6.45, 7) is 2.69. The van der Waals surface area contributed by atoms with Crippen molar-refractivity contribution < 1.29 is 8.97 Å². The van der Waals surface area contributed by atoms with E-state index in [0.717, 1.165) is 10.5 Å². The van der Waals surface area contributed by atoms with Crippen LogP contribution in [0.4, 0.5) is 0 Å². The first-order valence-electron chi connectivity index (χ1n) is 5.94. The number of quaternary nitrogens is 2. The molecule has 0 aliphatic carbocycles. The SMILES string of the molecule is C[N+](C)(C)CCC1CCCC[N+]1(C)C. The van der Waals surface area contributed by atoms with Crippen LogP contribution in [0.3, 0.4) is 0 Å². The Bertz CT molecular complexity index is 179. The van der Waals surface area contributed by atoms with Crippen LogP contribution in [0, 0.1) is 0 Å². The van der Waals surface area contributed by atoms with E-state index in [-0.39, 0.29) is 0 Å². The first-order valence-corrected chi connectivity index (χ1v) is 5.94. The lowest BCUT2D eigenvalue weighted by atomic mass is 9.97. The zero-order valence-electron chi connectivity index (χ0n) is 10.7. The Morgan fingerprint density at radius 2 is 1.79 bits per heavy atom. The van der Waals surface area contributed by atoms with E-state index in [0.29, 0.717) is 0 Å². The third-order valence-corrected chi connectivity index (χ3v) is 3.64. The Hall–Kier alpha value is -0.0800. The molecule has 0 spiro atoms. The summed E-state index contributed by atoms with van der Waals surface area (Å²) in [6.07, 6.45) is 5.70. The molecule has 2 nitrogen and oxygen atoms in total. The predicted octanol–water partition coefficient (Wildman–Crippen LogP) is 1.71. The Morgan fingerprint density at radius 1 is 1.14 bits per heavy atom. The van der Waals surface area contributed by atoms with E-state index in [4.69, 9.17) is 0 Å². The highest BCUT2D eigenvalue weighted by Crippen LogP contribution is 2.24. The van der Waals surface area contributed by atoms with Crippen molar-refractivity contribution in [1.82, 2.24) is 0 Å². The van der Waals surface area contributed by atoms with E-state index < -0.39 is 0 Å². The van der Waals surface area contributed by atoms with E-state index in [1.54, 1.807) is 0 Å². The van der Waals surface area contributed by atoms with Crippen molar-refractivity contribution in [3.8, 4) is 0 Å². The molecule has 0 aromatic heterocycles. The highest BCUT2D eigenvalue weighted by Gasteiger charge is 2.32. The van der Waals surface area contributed by atoms with Crippen LogP contribution in [0.15, 0.2) is 0 Å². The summed E-state index contributed by atoms with van der Waals surface area (Å²) in [5.41, 5.74) is 0. The molecule has 1 atom stereocenters. The summed E-state index contributed by atoms with van der Waals surface area (Å²) >= 11 is 0. The smallest absolute Gasteiger partial charge is 0.0940 e. The normalized spacial score (nSPS) is 27.6. The molecule has 1 heterocycles. The van der Waals surface area contributed by atoms with Crippen LogP contribution in [0.25, 0.3) is 0 Å². The lowest BCUT2D eigenvalue weighted by Gasteiger charge is -2.42. The van der Waals surface area contributed by atoms with E-state index in [2.05, 4.69) is 35.2 Å². The fraction of sp³-hybridized carbons (Fsp3) is 1.00. The summed E-state index contributed by atoms with van der Waals surface area (Å²) < 4.78 is 2.36. The number of piperidine rings is 1. The van der Waals surface area contributed by atoms with E-state index in [1.807, 2.05) is 0 Å². The fourth-order valence-electron chi connectivity index (χ4n) is 2.46. The van der Waals surface area contributed by atoms with Gasteiger partial charge in [-0.25, -0.2) is 0 Å². The minimum atomic E-state index is 0.904. The Labute approximate surface area is 89.7 Å². The van der Waals surface area contributed by atoms with Crippen LogP contribution < -0.4 is 0 Å².